The lowest BCUT2D eigenvalue weighted by atomic mass is 10.1. The van der Waals surface area contributed by atoms with Crippen LogP contribution >= 0.6 is 11.3 Å². The number of ether oxygens (including phenoxy) is 1. The van der Waals surface area contributed by atoms with E-state index >= 15 is 0 Å². The van der Waals surface area contributed by atoms with Crippen molar-refractivity contribution in [1.82, 2.24) is 20.3 Å². The molecular formula is C25H19N5O3S. The largest absolute Gasteiger partial charge is 0.431 e. The van der Waals surface area contributed by atoms with Crippen LogP contribution in [0.4, 0.5) is 5.69 Å². The van der Waals surface area contributed by atoms with Gasteiger partial charge in [0.2, 0.25) is 0 Å². The predicted molar refractivity (Wildman–Crippen MR) is 130 cm³/mol. The summed E-state index contributed by atoms with van der Waals surface area (Å²) in [4.78, 5) is 36.7. The van der Waals surface area contributed by atoms with Crippen LogP contribution in [-0.2, 0) is 6.54 Å². The number of nitrogens with zero attached hydrogens (tertiary/aromatic N) is 2. The summed E-state index contributed by atoms with van der Waals surface area (Å²) in [5.41, 5.74) is 3.23. The minimum Gasteiger partial charge on any atom is -0.431 e. The van der Waals surface area contributed by atoms with Crippen molar-refractivity contribution in [3.05, 3.63) is 101 Å². The monoisotopic (exact) mass is 469 g/mol. The number of amides is 2. The highest BCUT2D eigenvalue weighted by molar-refractivity contribution is 7.11. The topological polar surface area (TPSA) is 109 Å². The van der Waals surface area contributed by atoms with Gasteiger partial charge in [-0.25, -0.2) is 4.98 Å². The van der Waals surface area contributed by atoms with Crippen LogP contribution in [0, 0.1) is 0 Å². The van der Waals surface area contributed by atoms with Crippen LogP contribution in [-0.4, -0.2) is 26.8 Å². The summed E-state index contributed by atoms with van der Waals surface area (Å²) >= 11 is 1.38. The Balaban J connectivity index is 1.23. The highest BCUT2D eigenvalue weighted by atomic mass is 32.1. The molecule has 3 aromatic heterocycles. The van der Waals surface area contributed by atoms with Crippen molar-refractivity contribution in [2.75, 3.05) is 5.32 Å². The number of rotatable bonds is 7. The molecule has 0 atom stereocenters. The average Bonchev–Trinajstić information content (AvgIpc) is 3.55. The van der Waals surface area contributed by atoms with E-state index in [1.54, 1.807) is 55.1 Å². The number of carbonyl (C=O) groups is 2. The summed E-state index contributed by atoms with van der Waals surface area (Å²) < 4.78 is 5.66. The molecule has 0 saturated carbocycles. The zero-order valence-electron chi connectivity index (χ0n) is 17.8. The van der Waals surface area contributed by atoms with E-state index in [0.717, 1.165) is 16.5 Å². The molecule has 5 rings (SSSR count). The van der Waals surface area contributed by atoms with Crippen LogP contribution in [0.3, 0.4) is 0 Å². The maximum atomic E-state index is 12.8. The molecule has 3 heterocycles. The van der Waals surface area contributed by atoms with E-state index in [-0.39, 0.29) is 11.8 Å². The van der Waals surface area contributed by atoms with Gasteiger partial charge in [-0.2, -0.15) is 0 Å². The van der Waals surface area contributed by atoms with Gasteiger partial charge in [0, 0.05) is 47.2 Å². The Kier molecular flexibility index (Phi) is 6.00. The van der Waals surface area contributed by atoms with E-state index in [9.17, 15) is 9.59 Å². The molecule has 0 aliphatic heterocycles. The lowest BCUT2D eigenvalue weighted by Crippen LogP contribution is -2.22. The van der Waals surface area contributed by atoms with Crippen LogP contribution in [0.1, 0.15) is 26.3 Å². The van der Waals surface area contributed by atoms with E-state index in [1.807, 2.05) is 29.6 Å². The Bertz CT molecular complexity index is 1460. The van der Waals surface area contributed by atoms with E-state index in [4.69, 9.17) is 4.74 Å². The first-order valence-corrected chi connectivity index (χ1v) is 11.3. The lowest BCUT2D eigenvalue weighted by Gasteiger charge is -2.10. The Morgan fingerprint density at radius 2 is 1.94 bits per heavy atom. The van der Waals surface area contributed by atoms with Crippen LogP contribution in [0.5, 0.6) is 10.9 Å². The second kappa shape index (κ2) is 9.55. The van der Waals surface area contributed by atoms with Crippen molar-refractivity contribution in [3.63, 3.8) is 0 Å². The third kappa shape index (κ3) is 4.79. The molecule has 0 spiro atoms. The normalized spacial score (nSPS) is 10.7. The fourth-order valence-corrected chi connectivity index (χ4v) is 3.97. The van der Waals surface area contributed by atoms with Gasteiger partial charge in [0.15, 0.2) is 0 Å². The quantitative estimate of drug-likeness (QED) is 0.311. The zero-order valence-corrected chi connectivity index (χ0v) is 18.6. The molecule has 5 aromatic rings. The Labute approximate surface area is 198 Å². The molecule has 0 aliphatic rings. The number of carbonyl (C=O) groups excluding carboxylic acids is 2. The number of pyridine rings is 1. The van der Waals surface area contributed by atoms with Crippen LogP contribution in [0.15, 0.2) is 84.8 Å². The Morgan fingerprint density at radius 1 is 1.03 bits per heavy atom. The number of benzene rings is 2. The van der Waals surface area contributed by atoms with E-state index in [2.05, 4.69) is 25.6 Å². The highest BCUT2D eigenvalue weighted by Gasteiger charge is 2.12. The van der Waals surface area contributed by atoms with Crippen molar-refractivity contribution >= 4 is 39.7 Å². The van der Waals surface area contributed by atoms with Gasteiger partial charge in [0.1, 0.15) is 5.75 Å². The predicted octanol–water partition coefficient (Wildman–Crippen LogP) is 4.99. The van der Waals surface area contributed by atoms with Gasteiger partial charge in [-0.15, -0.1) is 0 Å². The van der Waals surface area contributed by atoms with Gasteiger partial charge >= 0.3 is 0 Å². The molecule has 2 amide bonds. The molecule has 8 nitrogen and oxygen atoms in total. The summed E-state index contributed by atoms with van der Waals surface area (Å²) in [5.74, 6) is 0.0550. The molecule has 0 aliphatic carbocycles. The number of fused-ring (bicyclic) bond motifs is 1. The van der Waals surface area contributed by atoms with Crippen LogP contribution in [0.2, 0.25) is 0 Å². The van der Waals surface area contributed by atoms with E-state index < -0.39 is 0 Å². The van der Waals surface area contributed by atoms with Gasteiger partial charge in [-0.05, 0) is 42.0 Å². The van der Waals surface area contributed by atoms with Gasteiger partial charge in [0.05, 0.1) is 17.3 Å². The first kappa shape index (κ1) is 21.4. The minimum absolute atomic E-state index is 0.232. The smallest absolute Gasteiger partial charge is 0.278 e. The van der Waals surface area contributed by atoms with Crippen molar-refractivity contribution in [2.24, 2.45) is 0 Å². The maximum absolute atomic E-state index is 12.8. The number of H-pyrrole nitrogens is 1. The number of aromatic nitrogens is 3. The van der Waals surface area contributed by atoms with Gasteiger partial charge in [-0.1, -0.05) is 29.5 Å². The van der Waals surface area contributed by atoms with Crippen molar-refractivity contribution in [2.45, 2.75) is 6.54 Å². The summed E-state index contributed by atoms with van der Waals surface area (Å²) in [6.45, 7) is 0.301. The van der Waals surface area contributed by atoms with E-state index in [1.165, 1.54) is 11.3 Å². The molecule has 2 aromatic carbocycles. The number of aromatic amines is 1. The number of hydrogen-bond donors (Lipinski definition) is 3. The number of thiazole rings is 1. The van der Waals surface area contributed by atoms with Crippen LogP contribution < -0.4 is 15.4 Å². The molecule has 0 saturated heterocycles. The number of hydrogen-bond acceptors (Lipinski definition) is 6. The molecule has 9 heteroatoms. The molecule has 168 valence electrons. The zero-order chi connectivity index (χ0) is 23.3. The SMILES string of the molecule is O=C(NCc1cccc(NC(=O)c2cncc3[nH]ccc23)c1)c1cccc(Oc2nccs2)c1. The molecule has 0 unspecified atom stereocenters. The summed E-state index contributed by atoms with van der Waals surface area (Å²) in [6.07, 6.45) is 6.65. The Hall–Kier alpha value is -4.50. The molecule has 34 heavy (non-hydrogen) atoms. The minimum atomic E-state index is -0.254. The third-order valence-corrected chi connectivity index (χ3v) is 5.72. The summed E-state index contributed by atoms with van der Waals surface area (Å²) in [5, 5.41) is 8.94. The van der Waals surface area contributed by atoms with Gasteiger partial charge in [0.25, 0.3) is 17.0 Å². The second-order valence-electron chi connectivity index (χ2n) is 7.39. The summed E-state index contributed by atoms with van der Waals surface area (Å²) in [7, 11) is 0. The van der Waals surface area contributed by atoms with E-state index in [0.29, 0.717) is 34.3 Å². The number of nitrogens with one attached hydrogen (secondary N) is 3. The van der Waals surface area contributed by atoms with Crippen molar-refractivity contribution < 1.29 is 14.3 Å². The van der Waals surface area contributed by atoms with Gasteiger partial charge < -0.3 is 20.4 Å². The first-order chi connectivity index (χ1) is 16.7. The molecule has 0 fully saturated rings. The van der Waals surface area contributed by atoms with Crippen molar-refractivity contribution in [3.8, 4) is 10.9 Å². The van der Waals surface area contributed by atoms with Crippen LogP contribution in [0.25, 0.3) is 10.9 Å². The highest BCUT2D eigenvalue weighted by Crippen LogP contribution is 2.24. The molecular weight excluding hydrogens is 450 g/mol. The standard InChI is InChI=1S/C25H19N5O3S/c31-23(17-4-2-6-19(12-17)33-25-28-9-10-34-25)29-13-16-3-1-5-18(11-16)30-24(32)21-14-26-15-22-20(21)7-8-27-22/h1-12,14-15,27H,13H2,(H,29,31)(H,30,32). The molecule has 0 radical (unpaired) electrons. The third-order valence-electron chi connectivity index (χ3n) is 5.07. The molecule has 0 bridgehead atoms. The first-order valence-electron chi connectivity index (χ1n) is 10.4. The summed E-state index contributed by atoms with van der Waals surface area (Å²) in [6, 6.07) is 16.1. The number of anilines is 1. The fourth-order valence-electron chi connectivity index (χ4n) is 3.47. The second-order valence-corrected chi connectivity index (χ2v) is 8.25. The Morgan fingerprint density at radius 3 is 2.82 bits per heavy atom. The van der Waals surface area contributed by atoms with Gasteiger partial charge in [-0.3, -0.25) is 14.6 Å². The maximum Gasteiger partial charge on any atom is 0.278 e. The van der Waals surface area contributed by atoms with Crippen molar-refractivity contribution in [1.29, 1.82) is 0 Å². The average molecular weight is 470 g/mol. The molecule has 3 N–H and O–H groups in total. The lowest BCUT2D eigenvalue weighted by molar-refractivity contribution is 0.0949. The fraction of sp³-hybridized carbons (Fsp3) is 0.0400.